The Labute approximate surface area is 133 Å². The lowest BCUT2D eigenvalue weighted by Gasteiger charge is -2.33. The van der Waals surface area contributed by atoms with E-state index < -0.39 is 0 Å². The number of nitrogens with one attached hydrogen (secondary N) is 2. The van der Waals surface area contributed by atoms with Gasteiger partial charge in [-0.25, -0.2) is 0 Å². The van der Waals surface area contributed by atoms with E-state index in [1.165, 1.54) is 0 Å². The summed E-state index contributed by atoms with van der Waals surface area (Å²) in [7, 11) is 0. The summed E-state index contributed by atoms with van der Waals surface area (Å²) in [4.78, 5) is 23.9. The summed E-state index contributed by atoms with van der Waals surface area (Å²) in [5, 5.41) is 5.80. The molecule has 0 saturated carbocycles. The van der Waals surface area contributed by atoms with Crippen LogP contribution in [0.1, 0.15) is 57.8 Å². The van der Waals surface area contributed by atoms with Crippen LogP contribution in [0.25, 0.3) is 0 Å². The van der Waals surface area contributed by atoms with Gasteiger partial charge in [0, 0.05) is 24.1 Å². The molecular weight excluding hydrogens is 276 g/mol. The fraction of sp³-hybridized carbons (Fsp3) is 0.556. The highest BCUT2D eigenvalue weighted by molar-refractivity contribution is 5.94. The van der Waals surface area contributed by atoms with E-state index in [1.54, 1.807) is 12.1 Å². The lowest BCUT2D eigenvalue weighted by Crippen LogP contribution is -2.46. The summed E-state index contributed by atoms with van der Waals surface area (Å²) < 4.78 is 0. The van der Waals surface area contributed by atoms with E-state index in [0.29, 0.717) is 12.1 Å². The van der Waals surface area contributed by atoms with E-state index >= 15 is 0 Å². The van der Waals surface area contributed by atoms with Crippen LogP contribution in [0, 0.1) is 5.41 Å². The molecule has 2 N–H and O–H groups in total. The van der Waals surface area contributed by atoms with Crippen LogP contribution in [-0.4, -0.2) is 23.9 Å². The van der Waals surface area contributed by atoms with Crippen LogP contribution in [0.15, 0.2) is 30.3 Å². The lowest BCUT2D eigenvalue weighted by atomic mass is 9.82. The van der Waals surface area contributed by atoms with Crippen molar-refractivity contribution in [3.8, 4) is 0 Å². The van der Waals surface area contributed by atoms with E-state index in [4.69, 9.17) is 0 Å². The number of hydrogen-bond donors (Lipinski definition) is 2. The monoisotopic (exact) mass is 304 g/mol. The summed E-state index contributed by atoms with van der Waals surface area (Å²) in [6.07, 6.45) is 1.17. The first-order valence-corrected chi connectivity index (χ1v) is 7.73. The Morgan fingerprint density at radius 2 is 1.59 bits per heavy atom. The molecule has 4 heteroatoms. The zero-order chi connectivity index (χ0) is 16.8. The van der Waals surface area contributed by atoms with Crippen LogP contribution >= 0.6 is 0 Å². The highest BCUT2D eigenvalue weighted by Crippen LogP contribution is 2.26. The van der Waals surface area contributed by atoms with E-state index in [2.05, 4.69) is 31.4 Å². The van der Waals surface area contributed by atoms with Crippen LogP contribution < -0.4 is 10.6 Å². The van der Waals surface area contributed by atoms with Crippen LogP contribution in [0.4, 0.5) is 0 Å². The normalized spacial score (nSPS) is 11.9. The molecule has 0 spiro atoms. The molecule has 4 nitrogen and oxygen atoms in total. The Balaban J connectivity index is 2.36. The van der Waals surface area contributed by atoms with Crippen LogP contribution in [0.2, 0.25) is 0 Å². The molecule has 0 radical (unpaired) electrons. The summed E-state index contributed by atoms with van der Waals surface area (Å²) in [5.74, 6) is -0.190. The molecule has 0 aliphatic rings. The number of rotatable bonds is 6. The Morgan fingerprint density at radius 3 is 2.14 bits per heavy atom. The van der Waals surface area contributed by atoms with Crippen molar-refractivity contribution in [1.29, 1.82) is 0 Å². The minimum atomic E-state index is -0.251. The maximum atomic E-state index is 12.0. The first-order valence-electron chi connectivity index (χ1n) is 7.73. The average Bonchev–Trinajstić information content (AvgIpc) is 2.35. The van der Waals surface area contributed by atoms with Crippen molar-refractivity contribution in [3.05, 3.63) is 35.9 Å². The van der Waals surface area contributed by atoms with Crippen molar-refractivity contribution >= 4 is 11.8 Å². The van der Waals surface area contributed by atoms with E-state index in [9.17, 15) is 9.59 Å². The molecule has 2 amide bonds. The molecule has 1 rings (SSSR count). The Bertz CT molecular complexity index is 502. The summed E-state index contributed by atoms with van der Waals surface area (Å²) >= 11 is 0. The summed E-state index contributed by atoms with van der Waals surface area (Å²) in [6.45, 7) is 10.9. The smallest absolute Gasteiger partial charge is 0.251 e. The number of benzene rings is 1. The average molecular weight is 304 g/mol. The molecule has 0 aliphatic carbocycles. The molecule has 0 saturated heterocycles. The van der Waals surface area contributed by atoms with E-state index in [1.807, 2.05) is 32.0 Å². The maximum absolute atomic E-state index is 12.0. The van der Waals surface area contributed by atoms with Gasteiger partial charge in [-0.3, -0.25) is 9.59 Å². The zero-order valence-corrected chi connectivity index (χ0v) is 14.3. The Kier molecular flexibility index (Phi) is 6.15. The molecular formula is C18H28N2O2. The Hall–Kier alpha value is -1.84. The molecule has 0 atom stereocenters. The molecule has 22 heavy (non-hydrogen) atoms. The van der Waals surface area contributed by atoms with Crippen molar-refractivity contribution in [2.75, 3.05) is 6.54 Å². The molecule has 0 aliphatic heterocycles. The van der Waals surface area contributed by atoms with Gasteiger partial charge in [0.15, 0.2) is 0 Å². The van der Waals surface area contributed by atoms with Gasteiger partial charge < -0.3 is 10.6 Å². The SMILES string of the molecule is CC(C)(C)CC(C)(C)NC(=O)CCNC(=O)c1ccccc1. The molecule has 1 aromatic rings. The fourth-order valence-corrected chi connectivity index (χ4v) is 2.79. The number of amides is 2. The first-order chi connectivity index (χ1) is 10.1. The van der Waals surface area contributed by atoms with E-state index in [0.717, 1.165) is 6.42 Å². The molecule has 0 bridgehead atoms. The molecule has 0 unspecified atom stereocenters. The summed E-state index contributed by atoms with van der Waals surface area (Å²) in [5.41, 5.74) is 0.507. The van der Waals surface area contributed by atoms with Crippen molar-refractivity contribution in [3.63, 3.8) is 0 Å². The molecule has 0 aromatic heterocycles. The van der Waals surface area contributed by atoms with Gasteiger partial charge in [0.2, 0.25) is 5.91 Å². The van der Waals surface area contributed by atoms with Gasteiger partial charge in [-0.05, 0) is 37.8 Å². The maximum Gasteiger partial charge on any atom is 0.251 e. The molecule has 0 heterocycles. The van der Waals surface area contributed by atoms with Crippen molar-refractivity contribution in [2.24, 2.45) is 5.41 Å². The number of hydrogen-bond acceptors (Lipinski definition) is 2. The molecule has 122 valence electrons. The topological polar surface area (TPSA) is 58.2 Å². The van der Waals surface area contributed by atoms with Gasteiger partial charge in [-0.15, -0.1) is 0 Å². The van der Waals surface area contributed by atoms with Gasteiger partial charge in [-0.1, -0.05) is 39.0 Å². The van der Waals surface area contributed by atoms with Crippen molar-refractivity contribution in [2.45, 2.75) is 53.0 Å². The van der Waals surface area contributed by atoms with Gasteiger partial charge >= 0.3 is 0 Å². The van der Waals surface area contributed by atoms with Gasteiger partial charge in [0.25, 0.3) is 5.91 Å². The highest BCUT2D eigenvalue weighted by Gasteiger charge is 2.26. The molecule has 0 fully saturated rings. The van der Waals surface area contributed by atoms with Gasteiger partial charge in [0.05, 0.1) is 0 Å². The minimum Gasteiger partial charge on any atom is -0.352 e. The summed E-state index contributed by atoms with van der Waals surface area (Å²) in [6, 6.07) is 9.00. The zero-order valence-electron chi connectivity index (χ0n) is 14.3. The predicted octanol–water partition coefficient (Wildman–Crippen LogP) is 3.14. The second kappa shape index (κ2) is 7.43. The van der Waals surface area contributed by atoms with E-state index in [-0.39, 0.29) is 29.2 Å². The Morgan fingerprint density at radius 1 is 1.00 bits per heavy atom. The second-order valence-corrected chi connectivity index (χ2v) is 7.54. The molecule has 1 aromatic carbocycles. The minimum absolute atomic E-state index is 0.0392. The van der Waals surface area contributed by atoms with Crippen molar-refractivity contribution < 1.29 is 9.59 Å². The number of carbonyl (C=O) groups excluding carboxylic acids is 2. The predicted molar refractivity (Wildman–Crippen MR) is 89.7 cm³/mol. The largest absolute Gasteiger partial charge is 0.352 e. The van der Waals surface area contributed by atoms with Crippen molar-refractivity contribution in [1.82, 2.24) is 10.6 Å². The van der Waals surface area contributed by atoms with Crippen LogP contribution in [0.3, 0.4) is 0 Å². The first kappa shape index (κ1) is 18.2. The number of carbonyl (C=O) groups is 2. The standard InChI is InChI=1S/C18H28N2O2/c1-17(2,3)13-18(4,5)20-15(21)11-12-19-16(22)14-9-7-6-8-10-14/h6-10H,11-13H2,1-5H3,(H,19,22)(H,20,21). The van der Waals surface area contributed by atoms with Crippen LogP contribution in [-0.2, 0) is 4.79 Å². The third-order valence-corrected chi connectivity index (χ3v) is 3.12. The third kappa shape index (κ3) is 7.25. The lowest BCUT2D eigenvalue weighted by molar-refractivity contribution is -0.122. The second-order valence-electron chi connectivity index (χ2n) is 7.54. The van der Waals surface area contributed by atoms with Gasteiger partial charge in [0.1, 0.15) is 0 Å². The quantitative estimate of drug-likeness (QED) is 0.848. The third-order valence-electron chi connectivity index (χ3n) is 3.12. The van der Waals surface area contributed by atoms with Gasteiger partial charge in [-0.2, -0.15) is 0 Å². The van der Waals surface area contributed by atoms with Crippen LogP contribution in [0.5, 0.6) is 0 Å². The fourth-order valence-electron chi connectivity index (χ4n) is 2.79. The highest BCUT2D eigenvalue weighted by atomic mass is 16.2.